The second-order valence-corrected chi connectivity index (χ2v) is 12.3. The molecule has 41 heavy (non-hydrogen) atoms. The lowest BCUT2D eigenvalue weighted by molar-refractivity contribution is -0.118. The van der Waals surface area contributed by atoms with Crippen LogP contribution in [-0.2, 0) is 4.79 Å². The van der Waals surface area contributed by atoms with E-state index in [4.69, 9.17) is 31.8 Å². The summed E-state index contributed by atoms with van der Waals surface area (Å²) < 4.78 is 10.7. The van der Waals surface area contributed by atoms with Crippen LogP contribution in [0, 0.1) is 10.8 Å². The van der Waals surface area contributed by atoms with Crippen molar-refractivity contribution in [2.45, 2.75) is 44.8 Å². The number of benzene rings is 2. The molecule has 2 aromatic rings. The summed E-state index contributed by atoms with van der Waals surface area (Å²) in [5.74, 6) is 1.33. The first-order valence-corrected chi connectivity index (χ1v) is 15.6. The molecule has 0 fully saturated rings. The van der Waals surface area contributed by atoms with E-state index < -0.39 is 18.1 Å². The largest absolute Gasteiger partial charge is 0.496 e. The number of amides is 1. The number of carbonyl (C=O) groups excluding carboxylic acids is 1. The maximum Gasteiger partial charge on any atom is 0.255 e. The number of methoxy groups -OCH3 is 2. The number of para-hydroxylation sites is 2. The zero-order valence-corrected chi connectivity index (χ0v) is 26.1. The number of nitrogens with zero attached hydrogens (tertiary/aromatic N) is 2. The number of nitrogens with two attached hydrogens (primary N) is 2. The highest BCUT2D eigenvalue weighted by Crippen LogP contribution is 2.30. The van der Waals surface area contributed by atoms with Crippen LogP contribution in [0.4, 0.5) is 0 Å². The number of aliphatic hydroxyl groups excluding tert-OH is 1. The van der Waals surface area contributed by atoms with Crippen molar-refractivity contribution in [1.29, 1.82) is 10.8 Å². The van der Waals surface area contributed by atoms with Crippen molar-refractivity contribution in [2.75, 3.05) is 25.7 Å². The van der Waals surface area contributed by atoms with Gasteiger partial charge in [-0.05, 0) is 54.1 Å². The lowest BCUT2D eigenvalue weighted by Gasteiger charge is -2.18. The highest BCUT2D eigenvalue weighted by molar-refractivity contribution is 8.26. The number of rotatable bonds is 13. The molecule has 0 aliphatic rings. The Morgan fingerprint density at radius 3 is 1.93 bits per heavy atom. The summed E-state index contributed by atoms with van der Waals surface area (Å²) in [5, 5.41) is 27.6. The average Bonchev–Trinajstić information content (AvgIpc) is 2.95. The van der Waals surface area contributed by atoms with E-state index in [0.717, 1.165) is 34.7 Å². The van der Waals surface area contributed by atoms with Gasteiger partial charge >= 0.3 is 0 Å². The van der Waals surface area contributed by atoms with Gasteiger partial charge in [-0.1, -0.05) is 43.3 Å². The molecule has 0 heterocycles. The number of aliphatic hydroxyl groups is 1. The standard InChI is InChI=1S/C28H38N6O4S3/c1-17(19-9-5-7-11-21(19)37-3)25(35)33-27(31)40-23(29)13-15-39-16-14-24(30)41-28(32)34-26(36)18(2)20-10-6-8-12-22(20)38-4/h5-12,17-18,25,29-30,35H,13-16H2,1-4H3,(H2,31,33)(H2,32,34,36). The second-order valence-electron chi connectivity index (χ2n) is 8.83. The summed E-state index contributed by atoms with van der Waals surface area (Å²) in [6, 6.07) is 14.7. The molecule has 13 heteroatoms. The van der Waals surface area contributed by atoms with Gasteiger partial charge in [0.15, 0.2) is 16.6 Å². The summed E-state index contributed by atoms with van der Waals surface area (Å²) in [5.41, 5.74) is 13.4. The summed E-state index contributed by atoms with van der Waals surface area (Å²) in [7, 11) is 3.12. The highest BCUT2D eigenvalue weighted by atomic mass is 32.2. The van der Waals surface area contributed by atoms with Crippen molar-refractivity contribution < 1.29 is 19.4 Å². The number of hydrogen-bond acceptors (Lipinski definition) is 10. The molecule has 0 bridgehead atoms. The van der Waals surface area contributed by atoms with Gasteiger partial charge in [0, 0.05) is 29.9 Å². The normalized spacial score (nSPS) is 14.2. The van der Waals surface area contributed by atoms with Crippen LogP contribution >= 0.6 is 35.3 Å². The minimum Gasteiger partial charge on any atom is -0.496 e. The predicted molar refractivity (Wildman–Crippen MR) is 174 cm³/mol. The second kappa shape index (κ2) is 17.7. The van der Waals surface area contributed by atoms with Crippen molar-refractivity contribution in [2.24, 2.45) is 21.5 Å². The van der Waals surface area contributed by atoms with Crippen LogP contribution in [0.3, 0.4) is 0 Å². The third kappa shape index (κ3) is 11.4. The first-order chi connectivity index (χ1) is 19.6. The van der Waals surface area contributed by atoms with Gasteiger partial charge in [0.05, 0.1) is 30.2 Å². The van der Waals surface area contributed by atoms with Gasteiger partial charge in [-0.25, -0.2) is 4.99 Å². The van der Waals surface area contributed by atoms with Crippen LogP contribution < -0.4 is 20.9 Å². The molecule has 0 spiro atoms. The predicted octanol–water partition coefficient (Wildman–Crippen LogP) is 5.02. The summed E-state index contributed by atoms with van der Waals surface area (Å²) in [6.07, 6.45) is -0.137. The van der Waals surface area contributed by atoms with Crippen LogP contribution in [-0.4, -0.2) is 63.4 Å². The fraction of sp³-hybridized carbons (Fsp3) is 0.393. The Labute approximate surface area is 254 Å². The molecular formula is C28H38N6O4S3. The topological polar surface area (TPSA) is 180 Å². The minimum absolute atomic E-state index is 0.0295. The van der Waals surface area contributed by atoms with E-state index in [9.17, 15) is 9.90 Å². The number of nitrogens with one attached hydrogen (secondary N) is 2. The smallest absolute Gasteiger partial charge is 0.255 e. The Balaban J connectivity index is 1.71. The molecule has 222 valence electrons. The number of hydrogen-bond donors (Lipinski definition) is 5. The average molecular weight is 619 g/mol. The van der Waals surface area contributed by atoms with Gasteiger partial charge < -0.3 is 26.0 Å². The number of ether oxygens (including phenoxy) is 2. The maximum atomic E-state index is 12.6. The molecule has 0 aliphatic carbocycles. The Hall–Kier alpha value is -3.00. The summed E-state index contributed by atoms with van der Waals surface area (Å²) >= 11 is 3.58. The van der Waals surface area contributed by atoms with E-state index in [2.05, 4.69) is 9.98 Å². The fourth-order valence-electron chi connectivity index (χ4n) is 3.64. The Morgan fingerprint density at radius 1 is 0.878 bits per heavy atom. The van der Waals surface area contributed by atoms with E-state index in [-0.39, 0.29) is 16.3 Å². The van der Waals surface area contributed by atoms with Crippen LogP contribution in [0.2, 0.25) is 0 Å². The van der Waals surface area contributed by atoms with Gasteiger partial charge in [0.25, 0.3) is 5.91 Å². The molecule has 0 aliphatic heterocycles. The van der Waals surface area contributed by atoms with Crippen LogP contribution in [0.5, 0.6) is 11.5 Å². The van der Waals surface area contributed by atoms with E-state index in [1.807, 2.05) is 49.4 Å². The van der Waals surface area contributed by atoms with Crippen LogP contribution in [0.15, 0.2) is 58.5 Å². The molecule has 0 radical (unpaired) electrons. The van der Waals surface area contributed by atoms with Crippen LogP contribution in [0.25, 0.3) is 0 Å². The van der Waals surface area contributed by atoms with Gasteiger partial charge in [-0.3, -0.25) is 15.6 Å². The Morgan fingerprint density at radius 2 is 1.37 bits per heavy atom. The van der Waals surface area contributed by atoms with E-state index in [1.165, 1.54) is 0 Å². The van der Waals surface area contributed by atoms with Crippen molar-refractivity contribution >= 4 is 61.6 Å². The van der Waals surface area contributed by atoms with Crippen molar-refractivity contribution in [3.8, 4) is 11.5 Å². The molecule has 0 aromatic heterocycles. The zero-order valence-electron chi connectivity index (χ0n) is 23.6. The summed E-state index contributed by atoms with van der Waals surface area (Å²) in [6.45, 7) is 3.57. The third-order valence-electron chi connectivity index (χ3n) is 5.93. The molecule has 0 saturated heterocycles. The molecule has 2 aromatic carbocycles. The molecule has 3 unspecified atom stereocenters. The van der Waals surface area contributed by atoms with Gasteiger partial charge in [0.2, 0.25) is 0 Å². The number of thioether (sulfide) groups is 3. The first-order valence-electron chi connectivity index (χ1n) is 12.8. The third-order valence-corrected chi connectivity index (χ3v) is 8.44. The fourth-order valence-corrected chi connectivity index (χ4v) is 6.01. The molecule has 2 rings (SSSR count). The van der Waals surface area contributed by atoms with E-state index in [1.54, 1.807) is 39.0 Å². The van der Waals surface area contributed by atoms with Gasteiger partial charge in [-0.2, -0.15) is 16.8 Å². The molecule has 3 atom stereocenters. The van der Waals surface area contributed by atoms with E-state index >= 15 is 0 Å². The highest BCUT2D eigenvalue weighted by Gasteiger charge is 2.20. The molecule has 7 N–H and O–H groups in total. The monoisotopic (exact) mass is 618 g/mol. The van der Waals surface area contributed by atoms with Crippen LogP contribution in [0.1, 0.15) is 49.7 Å². The van der Waals surface area contributed by atoms with Gasteiger partial charge in [-0.15, -0.1) is 0 Å². The Kier molecular flexibility index (Phi) is 14.8. The van der Waals surface area contributed by atoms with Gasteiger partial charge in [0.1, 0.15) is 11.5 Å². The minimum atomic E-state index is -1.07. The quantitative estimate of drug-likeness (QED) is 0.117. The molecule has 0 saturated carbocycles. The molecule has 1 amide bonds. The SMILES string of the molecule is COc1ccccc1C(C)C(=O)N=C(N)SC(=N)CCSCCC(=N)S/C(N)=N/C(O)C(C)c1ccccc1OC. The zero-order chi connectivity index (χ0) is 30.4. The lowest BCUT2D eigenvalue weighted by atomic mass is 9.99. The first kappa shape index (κ1) is 34.2. The Bertz CT molecular complexity index is 1260. The van der Waals surface area contributed by atoms with Crippen molar-refractivity contribution in [1.82, 2.24) is 0 Å². The summed E-state index contributed by atoms with van der Waals surface area (Å²) in [4.78, 5) is 20.7. The van der Waals surface area contributed by atoms with Crippen molar-refractivity contribution in [3.05, 3.63) is 59.7 Å². The number of aliphatic imine (C=N–C) groups is 2. The lowest BCUT2D eigenvalue weighted by Crippen LogP contribution is -2.20. The van der Waals surface area contributed by atoms with Crippen molar-refractivity contribution in [3.63, 3.8) is 0 Å². The molecular weight excluding hydrogens is 581 g/mol. The molecule has 10 nitrogen and oxygen atoms in total. The van der Waals surface area contributed by atoms with E-state index in [0.29, 0.717) is 45.9 Å². The maximum absolute atomic E-state index is 12.6. The number of carbonyl (C=O) groups is 1. The number of amidine groups is 2.